The molecule has 1 aliphatic rings. The van der Waals surface area contributed by atoms with Gasteiger partial charge in [0, 0.05) is 17.3 Å². The third kappa shape index (κ3) is 3.23. The van der Waals surface area contributed by atoms with Crippen LogP contribution in [0.3, 0.4) is 0 Å². The van der Waals surface area contributed by atoms with Crippen molar-refractivity contribution < 1.29 is 4.92 Å². The molecule has 0 spiro atoms. The molecule has 21 heavy (non-hydrogen) atoms. The Kier molecular flexibility index (Phi) is 4.61. The zero-order chi connectivity index (χ0) is 15.6. The maximum absolute atomic E-state index is 11.2. The number of aromatic nitrogens is 1. The van der Waals surface area contributed by atoms with E-state index in [4.69, 9.17) is 5.73 Å². The lowest BCUT2D eigenvalue weighted by atomic mass is 9.68. The first-order valence-electron chi connectivity index (χ1n) is 7.68. The van der Waals surface area contributed by atoms with Crippen LogP contribution in [0.25, 0.3) is 0 Å². The van der Waals surface area contributed by atoms with E-state index in [1.807, 2.05) is 6.92 Å². The second kappa shape index (κ2) is 6.10. The molecule has 1 heterocycles. The van der Waals surface area contributed by atoms with Crippen LogP contribution in [0.4, 0.5) is 5.69 Å². The summed E-state index contributed by atoms with van der Waals surface area (Å²) >= 11 is 0. The van der Waals surface area contributed by atoms with E-state index in [9.17, 15) is 10.1 Å². The highest BCUT2D eigenvalue weighted by atomic mass is 16.6. The Morgan fingerprint density at radius 1 is 1.43 bits per heavy atom. The predicted molar refractivity (Wildman–Crippen MR) is 83.2 cm³/mol. The van der Waals surface area contributed by atoms with E-state index in [1.165, 1.54) is 12.8 Å². The van der Waals surface area contributed by atoms with E-state index in [0.717, 1.165) is 30.9 Å². The van der Waals surface area contributed by atoms with E-state index >= 15 is 0 Å². The lowest BCUT2D eigenvalue weighted by molar-refractivity contribution is -0.386. The van der Waals surface area contributed by atoms with Gasteiger partial charge in [0.25, 0.3) is 5.69 Å². The number of nitrogens with two attached hydrogens (primary N) is 1. The summed E-state index contributed by atoms with van der Waals surface area (Å²) in [5.41, 5.74) is 8.48. The summed E-state index contributed by atoms with van der Waals surface area (Å²) in [5.74, 6) is 0.756. The Bertz CT molecular complexity index is 535. The molecule has 0 bridgehead atoms. The van der Waals surface area contributed by atoms with Crippen molar-refractivity contribution in [1.82, 2.24) is 4.98 Å². The SMILES string of the molecule is Cc1cnc(CC2(CN)CCC(C)CC2)c(C)c1[N+](=O)[O-]. The number of nitro groups is 1. The number of nitrogens with zero attached hydrogens (tertiary/aromatic N) is 2. The number of aryl methyl sites for hydroxylation is 1. The van der Waals surface area contributed by atoms with Crippen molar-refractivity contribution in [2.24, 2.45) is 17.1 Å². The van der Waals surface area contributed by atoms with Crippen LogP contribution in [-0.2, 0) is 6.42 Å². The van der Waals surface area contributed by atoms with Gasteiger partial charge in [0.1, 0.15) is 0 Å². The fraction of sp³-hybridized carbons (Fsp3) is 0.688. The maximum atomic E-state index is 11.2. The molecule has 0 aromatic carbocycles. The van der Waals surface area contributed by atoms with E-state index < -0.39 is 0 Å². The largest absolute Gasteiger partial charge is 0.330 e. The van der Waals surface area contributed by atoms with Crippen molar-refractivity contribution in [2.45, 2.75) is 52.9 Å². The van der Waals surface area contributed by atoms with Crippen LogP contribution in [0, 0.1) is 35.3 Å². The Labute approximate surface area is 126 Å². The smallest absolute Gasteiger partial charge is 0.278 e. The molecule has 0 atom stereocenters. The molecular formula is C16H25N3O2. The van der Waals surface area contributed by atoms with Gasteiger partial charge in [-0.05, 0) is 51.0 Å². The first-order chi connectivity index (χ1) is 9.88. The van der Waals surface area contributed by atoms with Crippen molar-refractivity contribution in [3.8, 4) is 0 Å². The zero-order valence-corrected chi connectivity index (χ0v) is 13.2. The summed E-state index contributed by atoms with van der Waals surface area (Å²) < 4.78 is 0. The van der Waals surface area contributed by atoms with Gasteiger partial charge in [0.2, 0.25) is 0 Å². The van der Waals surface area contributed by atoms with Crippen molar-refractivity contribution >= 4 is 5.69 Å². The van der Waals surface area contributed by atoms with Gasteiger partial charge < -0.3 is 5.73 Å². The highest BCUT2D eigenvalue weighted by molar-refractivity contribution is 5.47. The summed E-state index contributed by atoms with van der Waals surface area (Å²) in [7, 11) is 0. The molecule has 1 fully saturated rings. The van der Waals surface area contributed by atoms with Crippen LogP contribution >= 0.6 is 0 Å². The average Bonchev–Trinajstić information content (AvgIpc) is 2.44. The number of pyridine rings is 1. The summed E-state index contributed by atoms with van der Waals surface area (Å²) in [6, 6.07) is 0. The van der Waals surface area contributed by atoms with Gasteiger partial charge in [-0.1, -0.05) is 19.8 Å². The van der Waals surface area contributed by atoms with Crippen LogP contribution in [0.1, 0.15) is 49.4 Å². The molecule has 5 heteroatoms. The summed E-state index contributed by atoms with van der Waals surface area (Å²) in [5, 5.41) is 11.2. The minimum absolute atomic E-state index is 0.0629. The van der Waals surface area contributed by atoms with Gasteiger partial charge in [0.05, 0.1) is 10.6 Å². The lowest BCUT2D eigenvalue weighted by Gasteiger charge is -2.38. The maximum Gasteiger partial charge on any atom is 0.278 e. The van der Waals surface area contributed by atoms with E-state index in [1.54, 1.807) is 13.1 Å². The second-order valence-corrected chi connectivity index (χ2v) is 6.68. The second-order valence-electron chi connectivity index (χ2n) is 6.68. The Morgan fingerprint density at radius 3 is 2.57 bits per heavy atom. The van der Waals surface area contributed by atoms with Crippen molar-refractivity contribution in [2.75, 3.05) is 6.54 Å². The molecule has 0 radical (unpaired) electrons. The molecule has 1 aliphatic carbocycles. The van der Waals surface area contributed by atoms with E-state index in [0.29, 0.717) is 17.7 Å². The molecule has 0 aliphatic heterocycles. The van der Waals surface area contributed by atoms with Gasteiger partial charge >= 0.3 is 0 Å². The molecule has 116 valence electrons. The molecule has 0 saturated heterocycles. The Balaban J connectivity index is 2.30. The zero-order valence-electron chi connectivity index (χ0n) is 13.2. The van der Waals surface area contributed by atoms with E-state index in [-0.39, 0.29) is 16.0 Å². The van der Waals surface area contributed by atoms with Crippen LogP contribution in [0.5, 0.6) is 0 Å². The average molecular weight is 291 g/mol. The predicted octanol–water partition coefficient (Wildman–Crippen LogP) is 3.30. The summed E-state index contributed by atoms with van der Waals surface area (Å²) in [6.07, 6.45) is 6.93. The molecule has 1 aromatic rings. The van der Waals surface area contributed by atoms with Gasteiger partial charge in [-0.2, -0.15) is 0 Å². The molecule has 1 aromatic heterocycles. The fourth-order valence-electron chi connectivity index (χ4n) is 3.41. The molecule has 0 unspecified atom stereocenters. The van der Waals surface area contributed by atoms with Crippen LogP contribution in [0.15, 0.2) is 6.20 Å². The summed E-state index contributed by atoms with van der Waals surface area (Å²) in [4.78, 5) is 15.4. The fourth-order valence-corrected chi connectivity index (χ4v) is 3.41. The van der Waals surface area contributed by atoms with Gasteiger partial charge in [-0.25, -0.2) is 0 Å². The standard InChI is InChI=1S/C16H25N3O2/c1-11-4-6-16(10-17,7-5-11)8-14-13(3)15(19(20)21)12(2)9-18-14/h9,11H,4-8,10,17H2,1-3H3. The molecule has 2 rings (SSSR count). The van der Waals surface area contributed by atoms with Gasteiger partial charge in [0.15, 0.2) is 0 Å². The minimum Gasteiger partial charge on any atom is -0.330 e. The highest BCUT2D eigenvalue weighted by Crippen LogP contribution is 2.41. The minimum atomic E-state index is -0.298. The third-order valence-electron chi connectivity index (χ3n) is 5.07. The third-order valence-corrected chi connectivity index (χ3v) is 5.07. The number of rotatable bonds is 4. The molecular weight excluding hydrogens is 266 g/mol. The van der Waals surface area contributed by atoms with Crippen LogP contribution < -0.4 is 5.73 Å². The normalized spacial score (nSPS) is 25.8. The Hall–Kier alpha value is -1.49. The summed E-state index contributed by atoms with van der Waals surface area (Å²) in [6.45, 7) is 6.45. The van der Waals surface area contributed by atoms with Gasteiger partial charge in [-0.3, -0.25) is 15.1 Å². The van der Waals surface area contributed by atoms with Crippen molar-refractivity contribution in [3.63, 3.8) is 0 Å². The first-order valence-corrected chi connectivity index (χ1v) is 7.68. The molecule has 0 amide bonds. The topological polar surface area (TPSA) is 82.0 Å². The lowest BCUT2D eigenvalue weighted by Crippen LogP contribution is -2.37. The van der Waals surface area contributed by atoms with Crippen molar-refractivity contribution in [3.05, 3.63) is 33.1 Å². The first kappa shape index (κ1) is 15.9. The number of hydrogen-bond donors (Lipinski definition) is 1. The quantitative estimate of drug-likeness (QED) is 0.681. The molecule has 1 saturated carbocycles. The van der Waals surface area contributed by atoms with E-state index in [2.05, 4.69) is 11.9 Å². The van der Waals surface area contributed by atoms with Gasteiger partial charge in [-0.15, -0.1) is 0 Å². The van der Waals surface area contributed by atoms with Crippen LogP contribution in [-0.4, -0.2) is 16.5 Å². The molecule has 2 N–H and O–H groups in total. The van der Waals surface area contributed by atoms with Crippen molar-refractivity contribution in [1.29, 1.82) is 0 Å². The Morgan fingerprint density at radius 2 is 2.05 bits per heavy atom. The number of hydrogen-bond acceptors (Lipinski definition) is 4. The highest BCUT2D eigenvalue weighted by Gasteiger charge is 2.34. The molecule has 5 nitrogen and oxygen atoms in total. The monoisotopic (exact) mass is 291 g/mol. The van der Waals surface area contributed by atoms with Crippen LogP contribution in [0.2, 0.25) is 0 Å².